The Morgan fingerprint density at radius 1 is 1.06 bits per heavy atom. The van der Waals surface area contributed by atoms with Gasteiger partial charge in [-0.25, -0.2) is 9.37 Å². The van der Waals surface area contributed by atoms with Crippen LogP contribution in [0.25, 0.3) is 11.0 Å². The number of aromatic nitrogens is 2. The second-order valence-corrected chi connectivity index (χ2v) is 7.41. The lowest BCUT2D eigenvalue weighted by Gasteiger charge is -2.21. The van der Waals surface area contributed by atoms with Gasteiger partial charge in [0.15, 0.2) is 0 Å². The van der Waals surface area contributed by atoms with E-state index in [0.717, 1.165) is 22.2 Å². The molecule has 3 aromatic carbocycles. The highest BCUT2D eigenvalue weighted by Gasteiger charge is 2.18. The van der Waals surface area contributed by atoms with E-state index in [1.54, 1.807) is 50.9 Å². The van der Waals surface area contributed by atoms with Crippen LogP contribution < -0.4 is 14.8 Å². The Hall–Kier alpha value is -3.87. The number of hydrogen-bond acceptors (Lipinski definition) is 4. The van der Waals surface area contributed by atoms with Gasteiger partial charge in [0, 0.05) is 12.1 Å². The van der Waals surface area contributed by atoms with Gasteiger partial charge in [0.05, 0.1) is 44.0 Å². The number of nitrogens with zero attached hydrogens (tertiary/aromatic N) is 2. The molecule has 1 aromatic heterocycles. The maximum Gasteiger partial charge on any atom is 0.225 e. The van der Waals surface area contributed by atoms with Gasteiger partial charge in [0.25, 0.3) is 0 Å². The van der Waals surface area contributed by atoms with Crippen molar-refractivity contribution in [2.24, 2.45) is 0 Å². The predicted octanol–water partition coefficient (Wildman–Crippen LogP) is 4.29. The molecular formula is C25H24FN3O3. The Kier molecular flexibility index (Phi) is 6.35. The van der Waals surface area contributed by atoms with Gasteiger partial charge in [0.1, 0.15) is 17.3 Å². The molecule has 1 heterocycles. The minimum atomic E-state index is -0.377. The summed E-state index contributed by atoms with van der Waals surface area (Å²) in [5.41, 5.74) is 3.35. The summed E-state index contributed by atoms with van der Waals surface area (Å²) in [5, 5.41) is 3.09. The molecule has 1 unspecified atom stereocenters. The average Bonchev–Trinajstić information content (AvgIpc) is 3.22. The van der Waals surface area contributed by atoms with E-state index in [-0.39, 0.29) is 24.2 Å². The lowest BCUT2D eigenvalue weighted by Crippen LogP contribution is -2.32. The lowest BCUT2D eigenvalue weighted by atomic mass is 10.0. The van der Waals surface area contributed by atoms with Crippen molar-refractivity contribution in [2.45, 2.75) is 19.0 Å². The van der Waals surface area contributed by atoms with Crippen LogP contribution in [0.4, 0.5) is 4.39 Å². The molecule has 6 nitrogen and oxygen atoms in total. The van der Waals surface area contributed by atoms with Crippen molar-refractivity contribution in [1.29, 1.82) is 0 Å². The van der Waals surface area contributed by atoms with Crippen LogP contribution in [0.15, 0.2) is 73.1 Å². The molecule has 0 saturated heterocycles. The van der Waals surface area contributed by atoms with Gasteiger partial charge in [-0.05, 0) is 48.0 Å². The molecule has 0 bridgehead atoms. The fourth-order valence-corrected chi connectivity index (χ4v) is 3.72. The Balaban J connectivity index is 1.59. The van der Waals surface area contributed by atoms with Crippen molar-refractivity contribution in [3.05, 3.63) is 90.0 Å². The molecule has 1 amide bonds. The summed E-state index contributed by atoms with van der Waals surface area (Å²) < 4.78 is 26.2. The lowest BCUT2D eigenvalue weighted by molar-refractivity contribution is -0.121. The van der Waals surface area contributed by atoms with Crippen LogP contribution in [0, 0.1) is 5.82 Å². The highest BCUT2D eigenvalue weighted by atomic mass is 19.1. The number of hydrogen-bond donors (Lipinski definition) is 1. The summed E-state index contributed by atoms with van der Waals surface area (Å²) in [4.78, 5) is 17.4. The first-order chi connectivity index (χ1) is 15.6. The summed E-state index contributed by atoms with van der Waals surface area (Å²) in [6, 6.07) is 18.9. The van der Waals surface area contributed by atoms with Crippen LogP contribution in [-0.4, -0.2) is 29.7 Å². The van der Waals surface area contributed by atoms with Crippen molar-refractivity contribution in [3.63, 3.8) is 0 Å². The molecule has 0 aliphatic heterocycles. The minimum absolute atomic E-state index is 0.114. The predicted molar refractivity (Wildman–Crippen MR) is 120 cm³/mol. The summed E-state index contributed by atoms with van der Waals surface area (Å²) in [6.45, 7) is 0.452. The molecule has 0 radical (unpaired) electrons. The van der Waals surface area contributed by atoms with Crippen molar-refractivity contribution in [3.8, 4) is 11.5 Å². The van der Waals surface area contributed by atoms with Gasteiger partial charge in [-0.1, -0.05) is 24.3 Å². The van der Waals surface area contributed by atoms with Crippen LogP contribution in [0.5, 0.6) is 11.5 Å². The zero-order valence-corrected chi connectivity index (χ0v) is 17.9. The van der Waals surface area contributed by atoms with E-state index in [9.17, 15) is 9.18 Å². The Morgan fingerprint density at radius 3 is 2.59 bits per heavy atom. The fraction of sp³-hybridized carbons (Fsp3) is 0.200. The van der Waals surface area contributed by atoms with Crippen molar-refractivity contribution in [1.82, 2.24) is 14.9 Å². The molecule has 1 atom stereocenters. The van der Waals surface area contributed by atoms with E-state index in [1.165, 1.54) is 12.1 Å². The van der Waals surface area contributed by atoms with E-state index in [2.05, 4.69) is 10.3 Å². The zero-order valence-electron chi connectivity index (χ0n) is 17.9. The van der Waals surface area contributed by atoms with Crippen LogP contribution in [-0.2, 0) is 17.8 Å². The third kappa shape index (κ3) is 4.72. The van der Waals surface area contributed by atoms with Crippen LogP contribution in [0.1, 0.15) is 17.2 Å². The first-order valence-electron chi connectivity index (χ1n) is 10.2. The molecule has 32 heavy (non-hydrogen) atoms. The topological polar surface area (TPSA) is 65.4 Å². The van der Waals surface area contributed by atoms with Crippen LogP contribution >= 0.6 is 0 Å². The van der Waals surface area contributed by atoms with E-state index in [4.69, 9.17) is 9.47 Å². The van der Waals surface area contributed by atoms with E-state index in [0.29, 0.717) is 18.0 Å². The van der Waals surface area contributed by atoms with Crippen molar-refractivity contribution in [2.75, 3.05) is 14.2 Å². The molecule has 0 fully saturated rings. The van der Waals surface area contributed by atoms with Crippen LogP contribution in [0.3, 0.4) is 0 Å². The molecule has 164 valence electrons. The zero-order chi connectivity index (χ0) is 22.5. The molecule has 4 rings (SSSR count). The number of carbonyl (C=O) groups is 1. The molecule has 0 aliphatic carbocycles. The van der Waals surface area contributed by atoms with Gasteiger partial charge in [-0.15, -0.1) is 0 Å². The van der Waals surface area contributed by atoms with Gasteiger partial charge < -0.3 is 19.4 Å². The van der Waals surface area contributed by atoms with Crippen molar-refractivity contribution < 1.29 is 18.7 Å². The number of ether oxygens (including phenoxy) is 2. The maximum absolute atomic E-state index is 13.5. The monoisotopic (exact) mass is 433 g/mol. The largest absolute Gasteiger partial charge is 0.497 e. The summed E-state index contributed by atoms with van der Waals surface area (Å²) in [7, 11) is 3.14. The average molecular weight is 433 g/mol. The number of carbonyl (C=O) groups excluding carboxylic acids is 1. The molecule has 0 aliphatic rings. The minimum Gasteiger partial charge on any atom is -0.497 e. The number of amides is 1. The Labute approximate surface area is 185 Å². The maximum atomic E-state index is 13.5. The number of methoxy groups -OCH3 is 2. The van der Waals surface area contributed by atoms with Gasteiger partial charge in [-0.2, -0.15) is 0 Å². The first-order valence-corrected chi connectivity index (χ1v) is 10.2. The molecule has 4 aromatic rings. The summed E-state index contributed by atoms with van der Waals surface area (Å²) in [5.74, 6) is 0.747. The number of para-hydroxylation sites is 2. The molecule has 7 heteroatoms. The van der Waals surface area contributed by atoms with Gasteiger partial charge in [-0.3, -0.25) is 4.79 Å². The molecule has 0 spiro atoms. The third-order valence-electron chi connectivity index (χ3n) is 5.35. The van der Waals surface area contributed by atoms with Gasteiger partial charge in [0.2, 0.25) is 5.91 Å². The van der Waals surface area contributed by atoms with Gasteiger partial charge >= 0.3 is 0 Å². The fourth-order valence-electron chi connectivity index (χ4n) is 3.72. The Morgan fingerprint density at radius 2 is 1.84 bits per heavy atom. The highest BCUT2D eigenvalue weighted by molar-refractivity contribution is 5.80. The standard InChI is InChI=1S/C25H24FN3O3/c1-31-20-11-12-24(32-2)18(13-20)14-25(30)28-22(17-7-9-19(26)10-8-17)15-29-16-27-21-5-3-4-6-23(21)29/h3-13,16,22H,14-15H2,1-2H3,(H,28,30). The quantitative estimate of drug-likeness (QED) is 0.450. The summed E-state index contributed by atoms with van der Waals surface area (Å²) in [6.07, 6.45) is 1.86. The SMILES string of the molecule is COc1ccc(OC)c(CC(=O)NC(Cn2cnc3ccccc32)c2ccc(F)cc2)c1. The second kappa shape index (κ2) is 9.51. The van der Waals surface area contributed by atoms with E-state index in [1.807, 2.05) is 28.8 Å². The second-order valence-electron chi connectivity index (χ2n) is 7.41. The first kappa shape index (κ1) is 21.4. The highest BCUT2D eigenvalue weighted by Crippen LogP contribution is 2.25. The van der Waals surface area contributed by atoms with Crippen molar-refractivity contribution >= 4 is 16.9 Å². The van der Waals surface area contributed by atoms with Crippen LogP contribution in [0.2, 0.25) is 0 Å². The number of nitrogens with one attached hydrogen (secondary N) is 1. The number of halogens is 1. The molecule has 1 N–H and O–H groups in total. The number of imidazole rings is 1. The van der Waals surface area contributed by atoms with E-state index < -0.39 is 0 Å². The van der Waals surface area contributed by atoms with E-state index >= 15 is 0 Å². The number of benzene rings is 3. The summed E-state index contributed by atoms with van der Waals surface area (Å²) >= 11 is 0. The third-order valence-corrected chi connectivity index (χ3v) is 5.35. The smallest absolute Gasteiger partial charge is 0.225 e. The normalized spacial score (nSPS) is 11.8. The molecular weight excluding hydrogens is 409 g/mol. The molecule has 0 saturated carbocycles. The Bertz CT molecular complexity index is 1220. The number of rotatable bonds is 8. The number of fused-ring (bicyclic) bond motifs is 1.